The molecule has 0 bridgehead atoms. The van der Waals surface area contributed by atoms with Gasteiger partial charge in [-0.25, -0.2) is 0 Å². The van der Waals surface area contributed by atoms with Crippen molar-refractivity contribution in [3.8, 4) is 5.75 Å². The molecule has 0 saturated carbocycles. The van der Waals surface area contributed by atoms with E-state index in [0.29, 0.717) is 18.8 Å². The molecule has 24 heavy (non-hydrogen) atoms. The maximum Gasteiger partial charge on any atom is 0.269 e. The molecule has 5 heteroatoms. The van der Waals surface area contributed by atoms with Crippen LogP contribution in [0.25, 0.3) is 0 Å². The molecule has 1 aromatic heterocycles. The van der Waals surface area contributed by atoms with E-state index in [9.17, 15) is 4.79 Å². The molecule has 5 nitrogen and oxygen atoms in total. The van der Waals surface area contributed by atoms with Crippen molar-refractivity contribution in [1.29, 1.82) is 0 Å². The number of carbonyl (C=O) groups is 1. The summed E-state index contributed by atoms with van der Waals surface area (Å²) in [4.78, 5) is 16.2. The minimum Gasteiger partial charge on any atom is -0.497 e. The van der Waals surface area contributed by atoms with E-state index in [1.165, 1.54) is 0 Å². The Balaban J connectivity index is 1.88. The number of hydrogen-bond donors (Lipinski definition) is 2. The summed E-state index contributed by atoms with van der Waals surface area (Å²) >= 11 is 0. The standard InChI is InChI=1S/C19H25N3O2/c1-3-4-5-11-21-19(23)18-13-16(10-12-20-18)22-14-15-6-8-17(24-2)9-7-15/h6-10,12-13H,3-5,11,14H2,1-2H3,(H,20,22)(H,21,23). The number of pyridine rings is 1. The molecule has 0 atom stereocenters. The van der Waals surface area contributed by atoms with E-state index in [-0.39, 0.29) is 5.91 Å². The predicted octanol–water partition coefficient (Wildman–Crippen LogP) is 3.62. The Morgan fingerprint density at radius 2 is 1.96 bits per heavy atom. The maximum absolute atomic E-state index is 12.1. The van der Waals surface area contributed by atoms with Gasteiger partial charge in [0, 0.05) is 25.0 Å². The Labute approximate surface area is 143 Å². The third kappa shape index (κ3) is 5.57. The van der Waals surface area contributed by atoms with Gasteiger partial charge in [-0.2, -0.15) is 0 Å². The number of aromatic nitrogens is 1. The number of nitrogens with one attached hydrogen (secondary N) is 2. The van der Waals surface area contributed by atoms with E-state index in [1.807, 2.05) is 30.3 Å². The summed E-state index contributed by atoms with van der Waals surface area (Å²) in [5, 5.41) is 6.21. The van der Waals surface area contributed by atoms with Crippen LogP contribution < -0.4 is 15.4 Å². The van der Waals surface area contributed by atoms with Crippen molar-refractivity contribution in [3.63, 3.8) is 0 Å². The first-order valence-electron chi connectivity index (χ1n) is 8.34. The zero-order valence-corrected chi connectivity index (χ0v) is 14.3. The summed E-state index contributed by atoms with van der Waals surface area (Å²) in [5.41, 5.74) is 2.45. The highest BCUT2D eigenvalue weighted by atomic mass is 16.5. The molecule has 0 fully saturated rings. The molecule has 1 heterocycles. The SMILES string of the molecule is CCCCCNC(=O)c1cc(NCc2ccc(OC)cc2)ccn1. The number of rotatable bonds is 9. The summed E-state index contributed by atoms with van der Waals surface area (Å²) in [6, 6.07) is 11.5. The lowest BCUT2D eigenvalue weighted by atomic mass is 10.2. The molecule has 0 aliphatic rings. The average molecular weight is 327 g/mol. The van der Waals surface area contributed by atoms with Gasteiger partial charge in [-0.3, -0.25) is 9.78 Å². The van der Waals surface area contributed by atoms with Gasteiger partial charge in [-0.05, 0) is 36.2 Å². The van der Waals surface area contributed by atoms with Crippen LogP contribution in [0.1, 0.15) is 42.2 Å². The molecule has 2 rings (SSSR count). The van der Waals surface area contributed by atoms with E-state index in [4.69, 9.17) is 4.74 Å². The zero-order chi connectivity index (χ0) is 17.2. The van der Waals surface area contributed by atoms with Gasteiger partial charge in [-0.15, -0.1) is 0 Å². The number of hydrogen-bond acceptors (Lipinski definition) is 4. The first-order chi connectivity index (χ1) is 11.7. The van der Waals surface area contributed by atoms with Crippen LogP contribution in [0.3, 0.4) is 0 Å². The summed E-state index contributed by atoms with van der Waals surface area (Å²) < 4.78 is 5.15. The van der Waals surface area contributed by atoms with E-state index in [2.05, 4.69) is 22.5 Å². The fourth-order valence-corrected chi connectivity index (χ4v) is 2.28. The largest absolute Gasteiger partial charge is 0.497 e. The quantitative estimate of drug-likeness (QED) is 0.691. The smallest absolute Gasteiger partial charge is 0.269 e. The van der Waals surface area contributed by atoms with Gasteiger partial charge in [0.25, 0.3) is 5.91 Å². The number of amides is 1. The highest BCUT2D eigenvalue weighted by Crippen LogP contribution is 2.14. The Morgan fingerprint density at radius 3 is 2.67 bits per heavy atom. The van der Waals surface area contributed by atoms with Crippen LogP contribution in [0.2, 0.25) is 0 Å². The average Bonchev–Trinajstić information content (AvgIpc) is 2.64. The van der Waals surface area contributed by atoms with E-state index in [0.717, 1.165) is 36.3 Å². The Hall–Kier alpha value is -2.56. The third-order valence-electron chi connectivity index (χ3n) is 3.71. The van der Waals surface area contributed by atoms with Crippen molar-refractivity contribution in [1.82, 2.24) is 10.3 Å². The van der Waals surface area contributed by atoms with Crippen LogP contribution in [0.4, 0.5) is 5.69 Å². The number of methoxy groups -OCH3 is 1. The van der Waals surface area contributed by atoms with Crippen molar-refractivity contribution in [2.45, 2.75) is 32.7 Å². The van der Waals surface area contributed by atoms with Crippen molar-refractivity contribution in [3.05, 3.63) is 53.9 Å². The van der Waals surface area contributed by atoms with Crippen LogP contribution in [-0.4, -0.2) is 24.5 Å². The fourth-order valence-electron chi connectivity index (χ4n) is 2.28. The third-order valence-corrected chi connectivity index (χ3v) is 3.71. The summed E-state index contributed by atoms with van der Waals surface area (Å²) in [6.45, 7) is 3.50. The second-order valence-electron chi connectivity index (χ2n) is 5.59. The predicted molar refractivity (Wildman–Crippen MR) is 96.4 cm³/mol. The van der Waals surface area contributed by atoms with Gasteiger partial charge in [0.05, 0.1) is 7.11 Å². The second-order valence-corrected chi connectivity index (χ2v) is 5.59. The van der Waals surface area contributed by atoms with Gasteiger partial charge < -0.3 is 15.4 Å². The van der Waals surface area contributed by atoms with E-state index in [1.54, 1.807) is 19.4 Å². The molecule has 0 spiro atoms. The Kier molecular flexibility index (Phi) is 7.08. The van der Waals surface area contributed by atoms with Gasteiger partial charge in [-0.1, -0.05) is 31.9 Å². The van der Waals surface area contributed by atoms with Crippen molar-refractivity contribution in [2.24, 2.45) is 0 Å². The minimum atomic E-state index is -0.126. The number of anilines is 1. The maximum atomic E-state index is 12.1. The molecule has 0 radical (unpaired) electrons. The number of ether oxygens (including phenoxy) is 1. The highest BCUT2D eigenvalue weighted by Gasteiger charge is 2.07. The Bertz CT molecular complexity index is 641. The number of benzene rings is 1. The first kappa shape index (κ1) is 17.8. The molecule has 0 saturated heterocycles. The molecule has 0 aliphatic carbocycles. The second kappa shape index (κ2) is 9.55. The van der Waals surface area contributed by atoms with Gasteiger partial charge in [0.15, 0.2) is 0 Å². The lowest BCUT2D eigenvalue weighted by Crippen LogP contribution is -2.25. The zero-order valence-electron chi connectivity index (χ0n) is 14.3. The molecule has 1 amide bonds. The van der Waals surface area contributed by atoms with Crippen molar-refractivity contribution < 1.29 is 9.53 Å². The van der Waals surface area contributed by atoms with Crippen LogP contribution in [0.5, 0.6) is 5.75 Å². The van der Waals surface area contributed by atoms with Crippen molar-refractivity contribution >= 4 is 11.6 Å². The monoisotopic (exact) mass is 327 g/mol. The lowest BCUT2D eigenvalue weighted by Gasteiger charge is -2.09. The molecule has 2 aromatic rings. The molecule has 0 unspecified atom stereocenters. The van der Waals surface area contributed by atoms with Crippen LogP contribution in [0.15, 0.2) is 42.6 Å². The fraction of sp³-hybridized carbons (Fsp3) is 0.368. The first-order valence-corrected chi connectivity index (χ1v) is 8.34. The molecule has 128 valence electrons. The summed E-state index contributed by atoms with van der Waals surface area (Å²) in [5.74, 6) is 0.712. The molecular weight excluding hydrogens is 302 g/mol. The lowest BCUT2D eigenvalue weighted by molar-refractivity contribution is 0.0948. The molecule has 0 aliphatic heterocycles. The molecular formula is C19H25N3O2. The summed E-state index contributed by atoms with van der Waals surface area (Å²) in [7, 11) is 1.65. The van der Waals surface area contributed by atoms with Crippen molar-refractivity contribution in [2.75, 3.05) is 19.0 Å². The van der Waals surface area contributed by atoms with Crippen LogP contribution >= 0.6 is 0 Å². The Morgan fingerprint density at radius 1 is 1.17 bits per heavy atom. The number of unbranched alkanes of at least 4 members (excludes halogenated alkanes) is 2. The number of carbonyl (C=O) groups excluding carboxylic acids is 1. The van der Waals surface area contributed by atoms with E-state index >= 15 is 0 Å². The van der Waals surface area contributed by atoms with E-state index < -0.39 is 0 Å². The van der Waals surface area contributed by atoms with Gasteiger partial charge in [0.2, 0.25) is 0 Å². The topological polar surface area (TPSA) is 63.2 Å². The van der Waals surface area contributed by atoms with Crippen LogP contribution in [0, 0.1) is 0 Å². The minimum absolute atomic E-state index is 0.126. The van der Waals surface area contributed by atoms with Gasteiger partial charge >= 0.3 is 0 Å². The molecule has 1 aromatic carbocycles. The highest BCUT2D eigenvalue weighted by molar-refractivity contribution is 5.93. The van der Waals surface area contributed by atoms with Crippen LogP contribution in [-0.2, 0) is 6.54 Å². The number of nitrogens with zero attached hydrogens (tertiary/aromatic N) is 1. The van der Waals surface area contributed by atoms with Gasteiger partial charge in [0.1, 0.15) is 11.4 Å². The normalized spacial score (nSPS) is 10.2. The summed E-state index contributed by atoms with van der Waals surface area (Å²) in [6.07, 6.45) is 4.91. The molecule has 2 N–H and O–H groups in total.